The Morgan fingerprint density at radius 1 is 1.43 bits per heavy atom. The van der Waals surface area contributed by atoms with Crippen LogP contribution in [0.25, 0.3) is 0 Å². The minimum Gasteiger partial charge on any atom is -0.494 e. The number of ether oxygens (including phenoxy) is 1. The number of benzene rings is 1. The summed E-state index contributed by atoms with van der Waals surface area (Å²) in [6.07, 6.45) is 1.61. The lowest BCUT2D eigenvalue weighted by molar-refractivity contribution is -0.117. The van der Waals surface area contributed by atoms with Gasteiger partial charge in [-0.15, -0.1) is 0 Å². The quantitative estimate of drug-likeness (QED) is 0.794. The van der Waals surface area contributed by atoms with Gasteiger partial charge in [-0.05, 0) is 31.3 Å². The smallest absolute Gasteiger partial charge is 0.238 e. The molecular weight excluding hydrogens is 270 g/mol. The third-order valence-electron chi connectivity index (χ3n) is 2.92. The third-order valence-corrected chi connectivity index (χ3v) is 2.92. The highest BCUT2D eigenvalue weighted by atomic mass is 16.5. The summed E-state index contributed by atoms with van der Waals surface area (Å²) in [5, 5.41) is 2.81. The molecule has 6 nitrogen and oxygen atoms in total. The SMILES string of the molecule is COc1cc(N)ccc1NC(=O)CN(C)Cc1ccco1. The fourth-order valence-corrected chi connectivity index (χ4v) is 1.97. The molecule has 0 saturated heterocycles. The van der Waals surface area contributed by atoms with E-state index in [1.54, 1.807) is 24.5 Å². The molecular formula is C15H19N3O3. The van der Waals surface area contributed by atoms with Crippen LogP contribution in [0.2, 0.25) is 0 Å². The fourth-order valence-electron chi connectivity index (χ4n) is 1.97. The van der Waals surface area contributed by atoms with Crippen LogP contribution in [0.5, 0.6) is 5.75 Å². The lowest BCUT2D eigenvalue weighted by Gasteiger charge is -2.16. The first-order chi connectivity index (χ1) is 10.1. The van der Waals surface area contributed by atoms with Gasteiger partial charge in [0.15, 0.2) is 0 Å². The molecule has 0 atom stereocenters. The Morgan fingerprint density at radius 2 is 2.24 bits per heavy atom. The van der Waals surface area contributed by atoms with E-state index < -0.39 is 0 Å². The molecule has 3 N–H and O–H groups in total. The predicted molar refractivity (Wildman–Crippen MR) is 81.1 cm³/mol. The maximum Gasteiger partial charge on any atom is 0.238 e. The Hall–Kier alpha value is -2.47. The third kappa shape index (κ3) is 4.25. The van der Waals surface area contributed by atoms with Crippen LogP contribution >= 0.6 is 0 Å². The maximum absolute atomic E-state index is 12.0. The van der Waals surface area contributed by atoms with Gasteiger partial charge in [0.1, 0.15) is 11.5 Å². The van der Waals surface area contributed by atoms with Crippen LogP contribution in [-0.4, -0.2) is 31.5 Å². The summed E-state index contributed by atoms with van der Waals surface area (Å²) in [6, 6.07) is 8.80. The highest BCUT2D eigenvalue weighted by Gasteiger charge is 2.11. The first-order valence-corrected chi connectivity index (χ1v) is 6.53. The van der Waals surface area contributed by atoms with Crippen molar-refractivity contribution < 1.29 is 13.9 Å². The normalized spacial score (nSPS) is 10.6. The van der Waals surface area contributed by atoms with Gasteiger partial charge in [-0.25, -0.2) is 0 Å². The number of carbonyl (C=O) groups is 1. The Morgan fingerprint density at radius 3 is 2.90 bits per heavy atom. The fraction of sp³-hybridized carbons (Fsp3) is 0.267. The van der Waals surface area contributed by atoms with E-state index in [1.807, 2.05) is 24.1 Å². The molecule has 2 rings (SSSR count). The molecule has 0 aliphatic rings. The average Bonchev–Trinajstić information content (AvgIpc) is 2.93. The van der Waals surface area contributed by atoms with Crippen LogP contribution in [0.1, 0.15) is 5.76 Å². The zero-order valence-corrected chi connectivity index (χ0v) is 12.1. The lowest BCUT2D eigenvalue weighted by atomic mass is 10.2. The van der Waals surface area contributed by atoms with Gasteiger partial charge in [-0.1, -0.05) is 0 Å². The second kappa shape index (κ2) is 6.81. The summed E-state index contributed by atoms with van der Waals surface area (Å²) in [5.74, 6) is 1.22. The molecule has 1 heterocycles. The van der Waals surface area contributed by atoms with Crippen LogP contribution in [0.4, 0.5) is 11.4 Å². The molecule has 0 aliphatic heterocycles. The molecule has 112 valence electrons. The van der Waals surface area contributed by atoms with E-state index in [1.165, 1.54) is 7.11 Å². The number of nitrogens with zero attached hydrogens (tertiary/aromatic N) is 1. The van der Waals surface area contributed by atoms with Crippen LogP contribution in [0, 0.1) is 0 Å². The average molecular weight is 289 g/mol. The van der Waals surface area contributed by atoms with E-state index in [0.717, 1.165) is 5.76 Å². The Kier molecular flexibility index (Phi) is 4.84. The zero-order chi connectivity index (χ0) is 15.2. The van der Waals surface area contributed by atoms with Crippen molar-refractivity contribution in [2.75, 3.05) is 31.8 Å². The van der Waals surface area contributed by atoms with Gasteiger partial charge in [0, 0.05) is 11.8 Å². The number of nitrogens with one attached hydrogen (secondary N) is 1. The van der Waals surface area contributed by atoms with Gasteiger partial charge >= 0.3 is 0 Å². The number of nitrogen functional groups attached to an aromatic ring is 1. The molecule has 0 aliphatic carbocycles. The molecule has 21 heavy (non-hydrogen) atoms. The summed E-state index contributed by atoms with van der Waals surface area (Å²) >= 11 is 0. The number of hydrogen-bond donors (Lipinski definition) is 2. The van der Waals surface area contributed by atoms with E-state index in [2.05, 4.69) is 5.32 Å². The number of carbonyl (C=O) groups excluding carboxylic acids is 1. The van der Waals surface area contributed by atoms with Gasteiger partial charge in [-0.2, -0.15) is 0 Å². The number of furan rings is 1. The highest BCUT2D eigenvalue weighted by molar-refractivity contribution is 5.94. The summed E-state index contributed by atoms with van der Waals surface area (Å²) < 4.78 is 10.4. The van der Waals surface area contributed by atoms with E-state index in [-0.39, 0.29) is 12.5 Å². The van der Waals surface area contributed by atoms with Gasteiger partial charge in [0.25, 0.3) is 0 Å². The first-order valence-electron chi connectivity index (χ1n) is 6.53. The monoisotopic (exact) mass is 289 g/mol. The number of anilines is 2. The van der Waals surface area contributed by atoms with Crippen molar-refractivity contribution in [3.05, 3.63) is 42.4 Å². The van der Waals surface area contributed by atoms with Crippen molar-refractivity contribution in [1.82, 2.24) is 4.90 Å². The van der Waals surface area contributed by atoms with Crippen LogP contribution < -0.4 is 15.8 Å². The summed E-state index contributed by atoms with van der Waals surface area (Å²) in [7, 11) is 3.38. The van der Waals surface area contributed by atoms with Crippen molar-refractivity contribution in [3.63, 3.8) is 0 Å². The molecule has 2 aromatic rings. The number of nitrogens with two attached hydrogens (primary N) is 1. The molecule has 0 radical (unpaired) electrons. The van der Waals surface area contributed by atoms with Crippen molar-refractivity contribution in [1.29, 1.82) is 0 Å². The predicted octanol–water partition coefficient (Wildman–Crippen LogP) is 1.94. The highest BCUT2D eigenvalue weighted by Crippen LogP contribution is 2.26. The second-order valence-electron chi connectivity index (χ2n) is 4.76. The molecule has 0 bridgehead atoms. The molecule has 1 aromatic heterocycles. The minimum absolute atomic E-state index is 0.132. The number of amides is 1. The second-order valence-corrected chi connectivity index (χ2v) is 4.76. The topological polar surface area (TPSA) is 80.7 Å². The molecule has 0 spiro atoms. The molecule has 0 fully saturated rings. The zero-order valence-electron chi connectivity index (χ0n) is 12.1. The summed E-state index contributed by atoms with van der Waals surface area (Å²) in [4.78, 5) is 13.9. The van der Waals surface area contributed by atoms with Gasteiger partial charge in [0.05, 0.1) is 32.1 Å². The molecule has 1 aromatic carbocycles. The number of hydrogen-bond acceptors (Lipinski definition) is 5. The van der Waals surface area contributed by atoms with E-state index in [9.17, 15) is 4.79 Å². The standard InChI is InChI=1S/C15H19N3O3/c1-18(9-12-4-3-7-21-12)10-15(19)17-13-6-5-11(16)8-14(13)20-2/h3-8H,9-10,16H2,1-2H3,(H,17,19). The number of likely N-dealkylation sites (N-methyl/N-ethyl adjacent to an activating group) is 1. The van der Waals surface area contributed by atoms with E-state index in [4.69, 9.17) is 14.9 Å². The Bertz CT molecular complexity index is 596. The summed E-state index contributed by atoms with van der Waals surface area (Å²) in [5.41, 5.74) is 6.86. The number of methoxy groups -OCH3 is 1. The van der Waals surface area contributed by atoms with Crippen LogP contribution in [0.3, 0.4) is 0 Å². The Balaban J connectivity index is 1.92. The maximum atomic E-state index is 12.0. The van der Waals surface area contributed by atoms with Crippen molar-refractivity contribution >= 4 is 17.3 Å². The van der Waals surface area contributed by atoms with Gasteiger partial charge in [-0.3, -0.25) is 9.69 Å². The summed E-state index contributed by atoms with van der Waals surface area (Å²) in [6.45, 7) is 0.813. The van der Waals surface area contributed by atoms with E-state index in [0.29, 0.717) is 23.7 Å². The first kappa shape index (κ1) is 14.9. The van der Waals surface area contributed by atoms with Gasteiger partial charge in [0.2, 0.25) is 5.91 Å². The van der Waals surface area contributed by atoms with Crippen molar-refractivity contribution in [3.8, 4) is 5.75 Å². The molecule has 0 unspecified atom stereocenters. The van der Waals surface area contributed by atoms with Crippen molar-refractivity contribution in [2.45, 2.75) is 6.54 Å². The van der Waals surface area contributed by atoms with Crippen LogP contribution in [-0.2, 0) is 11.3 Å². The largest absolute Gasteiger partial charge is 0.494 e. The molecule has 0 saturated carbocycles. The minimum atomic E-state index is -0.132. The van der Waals surface area contributed by atoms with Crippen LogP contribution in [0.15, 0.2) is 41.0 Å². The van der Waals surface area contributed by atoms with Crippen molar-refractivity contribution in [2.24, 2.45) is 0 Å². The number of rotatable bonds is 6. The van der Waals surface area contributed by atoms with E-state index >= 15 is 0 Å². The molecule has 6 heteroatoms. The Labute approximate surface area is 123 Å². The molecule has 1 amide bonds. The van der Waals surface area contributed by atoms with Gasteiger partial charge < -0.3 is 20.2 Å². The lowest BCUT2D eigenvalue weighted by Crippen LogP contribution is -2.29.